The second-order valence-electron chi connectivity index (χ2n) is 5.10. The number of imidazole rings is 1. The summed E-state index contributed by atoms with van der Waals surface area (Å²) >= 11 is 0. The van der Waals surface area contributed by atoms with E-state index < -0.39 is 0 Å². The fourth-order valence-electron chi connectivity index (χ4n) is 2.96. The van der Waals surface area contributed by atoms with Crippen molar-refractivity contribution in [2.75, 3.05) is 13.2 Å². The molecule has 1 saturated heterocycles. The lowest BCUT2D eigenvalue weighted by molar-refractivity contribution is 0.182. The number of rotatable bonds is 2. The van der Waals surface area contributed by atoms with E-state index in [1.807, 2.05) is 0 Å². The average Bonchev–Trinajstić information content (AvgIpc) is 2.89. The second-order valence-corrected chi connectivity index (χ2v) is 5.10. The van der Waals surface area contributed by atoms with Crippen molar-refractivity contribution in [1.29, 1.82) is 0 Å². The molecule has 1 atom stereocenters. The molecule has 0 aromatic carbocycles. The molecule has 16 heavy (non-hydrogen) atoms. The number of nitrogens with zero attached hydrogens (tertiary/aromatic N) is 2. The van der Waals surface area contributed by atoms with E-state index in [0.29, 0.717) is 5.92 Å². The predicted octanol–water partition coefficient (Wildman–Crippen LogP) is 2.11. The Kier molecular flexibility index (Phi) is 2.72. The van der Waals surface area contributed by atoms with Crippen LogP contribution in [0.25, 0.3) is 0 Å². The minimum absolute atomic E-state index is 0.707. The molecular formula is C13H20N2O. The van der Waals surface area contributed by atoms with E-state index in [2.05, 4.69) is 11.5 Å². The van der Waals surface area contributed by atoms with Crippen molar-refractivity contribution in [2.24, 2.45) is 5.92 Å². The Morgan fingerprint density at radius 3 is 3.06 bits per heavy atom. The lowest BCUT2D eigenvalue weighted by atomic mass is 10.0. The van der Waals surface area contributed by atoms with Gasteiger partial charge in [0.1, 0.15) is 5.82 Å². The molecule has 0 bridgehead atoms. The van der Waals surface area contributed by atoms with Crippen molar-refractivity contribution < 1.29 is 4.74 Å². The summed E-state index contributed by atoms with van der Waals surface area (Å²) in [6.07, 6.45) is 6.27. The fourth-order valence-corrected chi connectivity index (χ4v) is 2.96. The van der Waals surface area contributed by atoms with Crippen LogP contribution in [0.5, 0.6) is 0 Å². The molecule has 0 amide bonds. The minimum atomic E-state index is 0.707. The lowest BCUT2D eigenvalue weighted by Gasteiger charge is -2.17. The predicted molar refractivity (Wildman–Crippen MR) is 62.5 cm³/mol. The number of hydrogen-bond donors (Lipinski definition) is 0. The quantitative estimate of drug-likeness (QED) is 0.763. The normalized spacial score (nSPS) is 24.7. The van der Waals surface area contributed by atoms with Crippen LogP contribution in [0.15, 0.2) is 0 Å². The van der Waals surface area contributed by atoms with E-state index in [-0.39, 0.29) is 0 Å². The highest BCUT2D eigenvalue weighted by Gasteiger charge is 2.22. The first kappa shape index (κ1) is 10.3. The third-order valence-electron chi connectivity index (χ3n) is 3.89. The Morgan fingerprint density at radius 1 is 1.38 bits per heavy atom. The van der Waals surface area contributed by atoms with E-state index in [1.165, 1.54) is 49.3 Å². The minimum Gasteiger partial charge on any atom is -0.381 e. The van der Waals surface area contributed by atoms with Crippen LogP contribution in [0.4, 0.5) is 0 Å². The molecule has 3 nitrogen and oxygen atoms in total. The first-order valence-corrected chi connectivity index (χ1v) is 6.47. The lowest BCUT2D eigenvalue weighted by Crippen LogP contribution is -2.16. The van der Waals surface area contributed by atoms with Crippen LogP contribution in [-0.2, 0) is 24.1 Å². The second kappa shape index (κ2) is 4.21. The van der Waals surface area contributed by atoms with E-state index >= 15 is 0 Å². The molecule has 88 valence electrons. The number of ether oxygens (including phenoxy) is 1. The maximum absolute atomic E-state index is 5.46. The summed E-state index contributed by atoms with van der Waals surface area (Å²) in [5.41, 5.74) is 2.87. The van der Waals surface area contributed by atoms with E-state index in [0.717, 1.165) is 19.8 Å². The highest BCUT2D eigenvalue weighted by Crippen LogP contribution is 2.24. The van der Waals surface area contributed by atoms with Crippen LogP contribution in [0.3, 0.4) is 0 Å². The fraction of sp³-hybridized carbons (Fsp3) is 0.769. The molecule has 1 aliphatic heterocycles. The topological polar surface area (TPSA) is 27.1 Å². The molecule has 0 N–H and O–H groups in total. The van der Waals surface area contributed by atoms with Gasteiger partial charge in [0, 0.05) is 24.8 Å². The van der Waals surface area contributed by atoms with Gasteiger partial charge in [-0.15, -0.1) is 0 Å². The monoisotopic (exact) mass is 220 g/mol. The van der Waals surface area contributed by atoms with Crippen molar-refractivity contribution in [3.63, 3.8) is 0 Å². The standard InChI is InChI=1S/C13H20N2O/c1-10-14-12-4-2-3-5-13(12)15(10)8-11-6-7-16-9-11/h11H,2-9H2,1H3. The van der Waals surface area contributed by atoms with Gasteiger partial charge in [-0.25, -0.2) is 4.98 Å². The van der Waals surface area contributed by atoms with Crippen molar-refractivity contribution >= 4 is 0 Å². The van der Waals surface area contributed by atoms with Gasteiger partial charge in [0.2, 0.25) is 0 Å². The number of aryl methyl sites for hydroxylation is 2. The molecule has 0 radical (unpaired) electrons. The Hall–Kier alpha value is -0.830. The number of aromatic nitrogens is 2. The van der Waals surface area contributed by atoms with Crippen LogP contribution in [-0.4, -0.2) is 22.8 Å². The Bertz CT molecular complexity index is 378. The maximum atomic E-state index is 5.46. The van der Waals surface area contributed by atoms with Gasteiger partial charge >= 0.3 is 0 Å². The maximum Gasteiger partial charge on any atom is 0.106 e. The van der Waals surface area contributed by atoms with E-state index in [1.54, 1.807) is 0 Å². The third-order valence-corrected chi connectivity index (χ3v) is 3.89. The zero-order chi connectivity index (χ0) is 11.0. The van der Waals surface area contributed by atoms with E-state index in [9.17, 15) is 0 Å². The van der Waals surface area contributed by atoms with Crippen molar-refractivity contribution in [3.8, 4) is 0 Å². The van der Waals surface area contributed by atoms with Crippen LogP contribution in [0, 0.1) is 12.8 Å². The van der Waals surface area contributed by atoms with Crippen LogP contribution in [0.2, 0.25) is 0 Å². The highest BCUT2D eigenvalue weighted by atomic mass is 16.5. The molecule has 3 heteroatoms. The van der Waals surface area contributed by atoms with Crippen molar-refractivity contribution in [3.05, 3.63) is 17.2 Å². The first-order chi connectivity index (χ1) is 7.84. The van der Waals surface area contributed by atoms with Gasteiger partial charge in [0.25, 0.3) is 0 Å². The zero-order valence-electron chi connectivity index (χ0n) is 10.0. The van der Waals surface area contributed by atoms with Crippen LogP contribution < -0.4 is 0 Å². The molecular weight excluding hydrogens is 200 g/mol. The Balaban J connectivity index is 1.84. The molecule has 3 rings (SSSR count). The first-order valence-electron chi connectivity index (χ1n) is 6.47. The van der Waals surface area contributed by atoms with Gasteiger partial charge < -0.3 is 9.30 Å². The summed E-state index contributed by atoms with van der Waals surface area (Å²) in [6.45, 7) is 5.15. The van der Waals surface area contributed by atoms with Gasteiger partial charge in [0.15, 0.2) is 0 Å². The molecule has 1 fully saturated rings. The molecule has 2 heterocycles. The summed E-state index contributed by atoms with van der Waals surface area (Å²) < 4.78 is 7.91. The smallest absolute Gasteiger partial charge is 0.106 e. The molecule has 1 aromatic rings. The summed E-state index contributed by atoms with van der Waals surface area (Å²) in [7, 11) is 0. The zero-order valence-corrected chi connectivity index (χ0v) is 10.0. The highest BCUT2D eigenvalue weighted by molar-refractivity contribution is 5.20. The Morgan fingerprint density at radius 2 is 2.25 bits per heavy atom. The number of fused-ring (bicyclic) bond motifs is 1. The SMILES string of the molecule is Cc1nc2c(n1CC1CCOC1)CCCC2. The van der Waals surface area contributed by atoms with E-state index in [4.69, 9.17) is 9.72 Å². The summed E-state index contributed by atoms with van der Waals surface area (Å²) in [5.74, 6) is 1.91. The van der Waals surface area contributed by atoms with Crippen molar-refractivity contribution in [2.45, 2.75) is 45.6 Å². The third kappa shape index (κ3) is 1.77. The number of hydrogen-bond acceptors (Lipinski definition) is 2. The van der Waals surface area contributed by atoms with Crippen LogP contribution in [0.1, 0.15) is 36.5 Å². The van der Waals surface area contributed by atoms with Crippen LogP contribution >= 0.6 is 0 Å². The van der Waals surface area contributed by atoms with Gasteiger partial charge in [-0.2, -0.15) is 0 Å². The molecule has 1 unspecified atom stereocenters. The molecule has 0 spiro atoms. The Labute approximate surface area is 96.8 Å². The van der Waals surface area contributed by atoms with Crippen molar-refractivity contribution in [1.82, 2.24) is 9.55 Å². The molecule has 1 aromatic heterocycles. The molecule has 1 aliphatic carbocycles. The average molecular weight is 220 g/mol. The van der Waals surface area contributed by atoms with Gasteiger partial charge in [-0.3, -0.25) is 0 Å². The van der Waals surface area contributed by atoms with Gasteiger partial charge in [0.05, 0.1) is 12.3 Å². The van der Waals surface area contributed by atoms with Gasteiger partial charge in [-0.05, 0) is 39.0 Å². The molecule has 0 saturated carbocycles. The molecule has 2 aliphatic rings. The summed E-state index contributed by atoms with van der Waals surface area (Å²) in [5, 5.41) is 0. The summed E-state index contributed by atoms with van der Waals surface area (Å²) in [4.78, 5) is 4.72. The largest absolute Gasteiger partial charge is 0.381 e. The van der Waals surface area contributed by atoms with Gasteiger partial charge in [-0.1, -0.05) is 0 Å². The summed E-state index contributed by atoms with van der Waals surface area (Å²) in [6, 6.07) is 0.